The normalized spacial score (nSPS) is 10.5. The van der Waals surface area contributed by atoms with Gasteiger partial charge in [0.05, 0.1) is 10.7 Å². The van der Waals surface area contributed by atoms with Crippen molar-refractivity contribution in [1.82, 2.24) is 0 Å². The van der Waals surface area contributed by atoms with Crippen molar-refractivity contribution in [3.8, 4) is 5.75 Å². The van der Waals surface area contributed by atoms with Gasteiger partial charge in [-0.2, -0.15) is 0 Å². The van der Waals surface area contributed by atoms with E-state index in [-0.39, 0.29) is 16.7 Å². The largest absolute Gasteiger partial charge is 0.506 e. The summed E-state index contributed by atoms with van der Waals surface area (Å²) in [5.74, 6) is -0.0418. The summed E-state index contributed by atoms with van der Waals surface area (Å²) in [4.78, 5) is 12.9. The quantitative estimate of drug-likeness (QED) is 0.843. The van der Waals surface area contributed by atoms with Crippen LogP contribution in [-0.2, 0) is 4.79 Å². The van der Waals surface area contributed by atoms with Gasteiger partial charge in [0.2, 0.25) is 5.91 Å². The fourth-order valence-corrected chi connectivity index (χ4v) is 1.96. The lowest BCUT2D eigenvalue weighted by Crippen LogP contribution is -2.23. The fraction of sp³-hybridized carbons (Fsp3) is 0.154. The number of hydrogen-bond donors (Lipinski definition) is 1. The van der Waals surface area contributed by atoms with Gasteiger partial charge in [-0.3, -0.25) is 4.79 Å². The SMILES string of the molecule is CC(=O)N(C)c1cc(Cl)c(O)c2ccccc12. The molecule has 0 bridgehead atoms. The van der Waals surface area contributed by atoms with Crippen LogP contribution in [0.4, 0.5) is 5.69 Å². The molecule has 1 N–H and O–H groups in total. The topological polar surface area (TPSA) is 40.5 Å². The zero-order valence-electron chi connectivity index (χ0n) is 9.57. The average Bonchev–Trinajstić information content (AvgIpc) is 2.33. The van der Waals surface area contributed by atoms with Gasteiger partial charge in [-0.25, -0.2) is 0 Å². The highest BCUT2D eigenvalue weighted by Gasteiger charge is 2.14. The molecule has 0 atom stereocenters. The molecule has 0 aromatic heterocycles. The number of anilines is 1. The van der Waals surface area contributed by atoms with Crippen LogP contribution in [0.3, 0.4) is 0 Å². The molecule has 4 heteroatoms. The molecule has 0 saturated heterocycles. The first-order valence-corrected chi connectivity index (χ1v) is 5.54. The van der Waals surface area contributed by atoms with Crippen LogP contribution in [-0.4, -0.2) is 18.1 Å². The number of hydrogen-bond acceptors (Lipinski definition) is 2. The minimum absolute atomic E-state index is 0.0444. The third kappa shape index (κ3) is 1.94. The number of nitrogens with zero attached hydrogens (tertiary/aromatic N) is 1. The summed E-state index contributed by atoms with van der Waals surface area (Å²) >= 11 is 5.95. The maximum Gasteiger partial charge on any atom is 0.223 e. The maximum atomic E-state index is 11.4. The zero-order valence-corrected chi connectivity index (χ0v) is 10.3. The summed E-state index contributed by atoms with van der Waals surface area (Å²) in [6.45, 7) is 1.48. The van der Waals surface area contributed by atoms with Crippen molar-refractivity contribution in [3.05, 3.63) is 35.4 Å². The van der Waals surface area contributed by atoms with Gasteiger partial charge < -0.3 is 10.0 Å². The lowest BCUT2D eigenvalue weighted by Gasteiger charge is -2.18. The van der Waals surface area contributed by atoms with Crippen molar-refractivity contribution in [2.75, 3.05) is 11.9 Å². The number of carbonyl (C=O) groups is 1. The van der Waals surface area contributed by atoms with Crippen LogP contribution in [0.5, 0.6) is 5.75 Å². The van der Waals surface area contributed by atoms with Gasteiger partial charge >= 0.3 is 0 Å². The lowest BCUT2D eigenvalue weighted by molar-refractivity contribution is -0.116. The van der Waals surface area contributed by atoms with Gasteiger partial charge in [0.1, 0.15) is 5.75 Å². The molecule has 0 heterocycles. The molecule has 0 saturated carbocycles. The Hall–Kier alpha value is -1.74. The van der Waals surface area contributed by atoms with E-state index in [1.807, 2.05) is 18.2 Å². The number of halogens is 1. The molecule has 0 aliphatic heterocycles. The number of phenolic OH excluding ortho intramolecular Hbond substituents is 1. The summed E-state index contributed by atoms with van der Waals surface area (Å²) in [5, 5.41) is 11.6. The van der Waals surface area contributed by atoms with E-state index >= 15 is 0 Å². The number of fused-ring (bicyclic) bond motifs is 1. The van der Waals surface area contributed by atoms with Crippen molar-refractivity contribution in [2.45, 2.75) is 6.92 Å². The Morgan fingerprint density at radius 1 is 1.29 bits per heavy atom. The summed E-state index contributed by atoms with van der Waals surface area (Å²) in [7, 11) is 1.68. The molecule has 0 fully saturated rings. The predicted molar refractivity (Wildman–Crippen MR) is 69.7 cm³/mol. The molecular formula is C13H12ClNO2. The van der Waals surface area contributed by atoms with E-state index in [0.717, 1.165) is 5.39 Å². The standard InChI is InChI=1S/C13H12ClNO2/c1-8(16)15(2)12-7-11(14)13(17)10-6-4-3-5-9(10)12/h3-7,17H,1-2H3. The highest BCUT2D eigenvalue weighted by atomic mass is 35.5. The van der Waals surface area contributed by atoms with Crippen LogP contribution in [0, 0.1) is 0 Å². The van der Waals surface area contributed by atoms with E-state index in [1.54, 1.807) is 19.2 Å². The molecule has 17 heavy (non-hydrogen) atoms. The van der Waals surface area contributed by atoms with E-state index in [1.165, 1.54) is 11.8 Å². The summed E-state index contributed by atoms with van der Waals surface area (Å²) in [5.41, 5.74) is 0.691. The molecule has 0 aliphatic rings. The first-order valence-electron chi connectivity index (χ1n) is 5.17. The molecule has 0 spiro atoms. The maximum absolute atomic E-state index is 11.4. The Bertz CT molecular complexity index is 595. The number of carbonyl (C=O) groups excluding carboxylic acids is 1. The predicted octanol–water partition coefficient (Wildman–Crippen LogP) is 3.18. The Labute approximate surface area is 104 Å². The van der Waals surface area contributed by atoms with Gasteiger partial charge in [0, 0.05) is 24.7 Å². The van der Waals surface area contributed by atoms with Crippen molar-refractivity contribution >= 4 is 34.0 Å². The molecule has 1 amide bonds. The molecule has 0 aliphatic carbocycles. The van der Waals surface area contributed by atoms with Crippen molar-refractivity contribution in [1.29, 1.82) is 0 Å². The van der Waals surface area contributed by atoms with Gasteiger partial charge in [0.15, 0.2) is 0 Å². The van der Waals surface area contributed by atoms with Gasteiger partial charge in [-0.1, -0.05) is 35.9 Å². The third-order valence-corrected chi connectivity index (χ3v) is 3.07. The second kappa shape index (κ2) is 4.26. The molecule has 2 rings (SSSR count). The smallest absolute Gasteiger partial charge is 0.223 e. The fourth-order valence-electron chi connectivity index (χ4n) is 1.75. The van der Waals surface area contributed by atoms with Gasteiger partial charge in [0.25, 0.3) is 0 Å². The molecule has 88 valence electrons. The number of rotatable bonds is 1. The van der Waals surface area contributed by atoms with Crippen LogP contribution in [0.2, 0.25) is 5.02 Å². The second-order valence-electron chi connectivity index (χ2n) is 3.85. The van der Waals surface area contributed by atoms with Crippen LogP contribution < -0.4 is 4.90 Å². The van der Waals surface area contributed by atoms with Crippen molar-refractivity contribution < 1.29 is 9.90 Å². The second-order valence-corrected chi connectivity index (χ2v) is 4.26. The molecule has 2 aromatic rings. The van der Waals surface area contributed by atoms with E-state index in [9.17, 15) is 9.90 Å². The van der Waals surface area contributed by atoms with E-state index in [2.05, 4.69) is 0 Å². The van der Waals surface area contributed by atoms with Crippen LogP contribution in [0.15, 0.2) is 30.3 Å². The summed E-state index contributed by atoms with van der Waals surface area (Å²) in [6, 6.07) is 8.89. The number of phenols is 1. The lowest BCUT2D eigenvalue weighted by atomic mass is 10.1. The average molecular weight is 250 g/mol. The Balaban J connectivity index is 2.80. The summed E-state index contributed by atoms with van der Waals surface area (Å²) in [6.07, 6.45) is 0. The van der Waals surface area contributed by atoms with Crippen molar-refractivity contribution in [3.63, 3.8) is 0 Å². The molecular weight excluding hydrogens is 238 g/mol. The minimum atomic E-state index is -0.0862. The van der Waals surface area contributed by atoms with Gasteiger partial charge in [-0.05, 0) is 6.07 Å². The molecule has 3 nitrogen and oxygen atoms in total. The number of amides is 1. The first kappa shape index (κ1) is 11.7. The first-order chi connectivity index (χ1) is 8.02. The van der Waals surface area contributed by atoms with E-state index in [0.29, 0.717) is 11.1 Å². The van der Waals surface area contributed by atoms with Crippen LogP contribution in [0.25, 0.3) is 10.8 Å². The Morgan fingerprint density at radius 3 is 2.47 bits per heavy atom. The molecule has 2 aromatic carbocycles. The zero-order chi connectivity index (χ0) is 12.6. The minimum Gasteiger partial charge on any atom is -0.506 e. The monoisotopic (exact) mass is 249 g/mol. The van der Waals surface area contributed by atoms with Crippen LogP contribution >= 0.6 is 11.6 Å². The Morgan fingerprint density at radius 2 is 1.88 bits per heavy atom. The van der Waals surface area contributed by atoms with E-state index < -0.39 is 0 Å². The van der Waals surface area contributed by atoms with Gasteiger partial charge in [-0.15, -0.1) is 0 Å². The van der Waals surface area contributed by atoms with E-state index in [4.69, 9.17) is 11.6 Å². The number of benzene rings is 2. The Kier molecular flexibility index (Phi) is 2.94. The molecule has 0 radical (unpaired) electrons. The highest BCUT2D eigenvalue weighted by Crippen LogP contribution is 2.38. The number of aromatic hydroxyl groups is 1. The third-order valence-electron chi connectivity index (χ3n) is 2.78. The van der Waals surface area contributed by atoms with Crippen LogP contribution in [0.1, 0.15) is 6.92 Å². The summed E-state index contributed by atoms with van der Waals surface area (Å²) < 4.78 is 0. The molecule has 0 unspecified atom stereocenters. The highest BCUT2D eigenvalue weighted by molar-refractivity contribution is 6.34. The van der Waals surface area contributed by atoms with Crippen molar-refractivity contribution in [2.24, 2.45) is 0 Å².